The van der Waals surface area contributed by atoms with E-state index in [1.54, 1.807) is 23.1 Å². The molecule has 0 saturated carbocycles. The normalized spacial score (nSPS) is 17.3. The molecule has 0 radical (unpaired) electrons. The molecule has 0 aliphatic carbocycles. The number of aromatic hydroxyl groups is 1. The molecule has 0 spiro atoms. The first-order valence-electron chi connectivity index (χ1n) is 7.78. The maximum absolute atomic E-state index is 12.6. The lowest BCUT2D eigenvalue weighted by atomic mass is 10.1. The third-order valence-electron chi connectivity index (χ3n) is 3.98. The summed E-state index contributed by atoms with van der Waals surface area (Å²) in [5.41, 5.74) is 1.32. The van der Waals surface area contributed by atoms with Crippen molar-refractivity contribution in [1.82, 2.24) is 10.1 Å². The van der Waals surface area contributed by atoms with E-state index in [4.69, 9.17) is 9.26 Å². The van der Waals surface area contributed by atoms with Gasteiger partial charge in [-0.15, -0.1) is 0 Å². The molecule has 6 heteroatoms. The number of rotatable bonds is 6. The zero-order chi connectivity index (χ0) is 16.1. The predicted molar refractivity (Wildman–Crippen MR) is 82.7 cm³/mol. The van der Waals surface area contributed by atoms with Gasteiger partial charge in [-0.3, -0.25) is 4.79 Å². The molecule has 1 N–H and O–H groups in total. The molecule has 0 bridgehead atoms. The van der Waals surface area contributed by atoms with Crippen LogP contribution in [-0.2, 0) is 22.5 Å². The molecule has 1 saturated heterocycles. The monoisotopic (exact) mass is 316 g/mol. The van der Waals surface area contributed by atoms with Crippen molar-refractivity contribution in [2.24, 2.45) is 0 Å². The van der Waals surface area contributed by atoms with E-state index in [0.717, 1.165) is 25.0 Å². The number of hydrogen-bond donors (Lipinski definition) is 1. The van der Waals surface area contributed by atoms with E-state index >= 15 is 0 Å². The van der Waals surface area contributed by atoms with E-state index in [1.807, 2.05) is 12.1 Å². The van der Waals surface area contributed by atoms with Crippen LogP contribution in [0.25, 0.3) is 0 Å². The van der Waals surface area contributed by atoms with Crippen molar-refractivity contribution in [1.29, 1.82) is 0 Å². The van der Waals surface area contributed by atoms with Gasteiger partial charge in [0.1, 0.15) is 12.0 Å². The third-order valence-corrected chi connectivity index (χ3v) is 3.98. The molecule has 23 heavy (non-hydrogen) atoms. The highest BCUT2D eigenvalue weighted by Crippen LogP contribution is 2.20. The zero-order valence-electron chi connectivity index (χ0n) is 12.9. The summed E-state index contributed by atoms with van der Waals surface area (Å²) in [5.74, 6) is 0.136. The molecule has 2 aromatic rings. The maximum Gasteiger partial charge on any atom is 0.229 e. The van der Waals surface area contributed by atoms with Crippen LogP contribution < -0.4 is 0 Å². The number of aromatic nitrogens is 1. The van der Waals surface area contributed by atoms with E-state index in [1.165, 1.54) is 6.26 Å². The van der Waals surface area contributed by atoms with Gasteiger partial charge in [-0.1, -0.05) is 23.4 Å². The highest BCUT2D eigenvalue weighted by molar-refractivity contribution is 5.78. The van der Waals surface area contributed by atoms with Crippen LogP contribution in [-0.4, -0.2) is 40.3 Å². The van der Waals surface area contributed by atoms with Crippen LogP contribution in [0, 0.1) is 0 Å². The standard InChI is InChI=1S/C17H20N2O4/c20-16-6-2-1-4-13(16)11-19(12-15-5-3-8-22-15)17(21)10-14-7-9-23-18-14/h1-2,4,6-7,9,15,20H,3,5,8,10-12H2. The SMILES string of the molecule is O=C(Cc1ccon1)N(Cc1ccccc1O)CC1CCCO1. The Bertz CT molecular complexity index is 636. The summed E-state index contributed by atoms with van der Waals surface area (Å²) in [7, 11) is 0. The number of ether oxygens (including phenoxy) is 1. The van der Waals surface area contributed by atoms with Crippen molar-refractivity contribution >= 4 is 5.91 Å². The molecule has 1 aromatic carbocycles. The van der Waals surface area contributed by atoms with E-state index in [2.05, 4.69) is 5.16 Å². The minimum atomic E-state index is -0.0577. The van der Waals surface area contributed by atoms with E-state index < -0.39 is 0 Å². The summed E-state index contributed by atoms with van der Waals surface area (Å²) < 4.78 is 10.4. The van der Waals surface area contributed by atoms with E-state index in [-0.39, 0.29) is 24.2 Å². The number of benzene rings is 1. The fourth-order valence-corrected chi connectivity index (χ4v) is 2.73. The summed E-state index contributed by atoms with van der Waals surface area (Å²) in [6.45, 7) is 1.61. The van der Waals surface area contributed by atoms with Crippen LogP contribution in [0.2, 0.25) is 0 Å². The molecule has 1 aliphatic heterocycles. The van der Waals surface area contributed by atoms with Crippen molar-refractivity contribution in [3.8, 4) is 5.75 Å². The van der Waals surface area contributed by atoms with Gasteiger partial charge in [0.2, 0.25) is 5.91 Å². The molecule has 6 nitrogen and oxygen atoms in total. The minimum absolute atomic E-state index is 0.0575. The fraction of sp³-hybridized carbons (Fsp3) is 0.412. The Labute approximate surface area is 134 Å². The Morgan fingerprint density at radius 1 is 1.35 bits per heavy atom. The van der Waals surface area contributed by atoms with Crippen LogP contribution in [0.3, 0.4) is 0 Å². The smallest absolute Gasteiger partial charge is 0.229 e. The molecule has 1 aromatic heterocycles. The second kappa shape index (κ2) is 7.28. The molecular formula is C17H20N2O4. The molecule has 3 rings (SSSR count). The van der Waals surface area contributed by atoms with Gasteiger partial charge in [0, 0.05) is 31.3 Å². The summed E-state index contributed by atoms with van der Waals surface area (Å²) in [6.07, 6.45) is 3.66. The van der Waals surface area contributed by atoms with Gasteiger partial charge in [-0.05, 0) is 18.9 Å². The summed E-state index contributed by atoms with van der Waals surface area (Å²) >= 11 is 0. The molecule has 1 atom stereocenters. The number of amides is 1. The van der Waals surface area contributed by atoms with Crippen molar-refractivity contribution in [3.05, 3.63) is 47.9 Å². The largest absolute Gasteiger partial charge is 0.508 e. The number of nitrogens with zero attached hydrogens (tertiary/aromatic N) is 2. The lowest BCUT2D eigenvalue weighted by Crippen LogP contribution is -2.37. The van der Waals surface area contributed by atoms with Gasteiger partial charge in [-0.2, -0.15) is 0 Å². The van der Waals surface area contributed by atoms with Crippen LogP contribution in [0.15, 0.2) is 41.1 Å². The molecule has 122 valence electrons. The lowest BCUT2D eigenvalue weighted by Gasteiger charge is -2.25. The average Bonchev–Trinajstić information content (AvgIpc) is 3.22. The van der Waals surface area contributed by atoms with Crippen LogP contribution in [0.4, 0.5) is 0 Å². The van der Waals surface area contributed by atoms with Crippen molar-refractivity contribution in [2.45, 2.75) is 31.9 Å². The van der Waals surface area contributed by atoms with Crippen LogP contribution in [0.5, 0.6) is 5.75 Å². The van der Waals surface area contributed by atoms with Crippen LogP contribution >= 0.6 is 0 Å². The fourth-order valence-electron chi connectivity index (χ4n) is 2.73. The predicted octanol–water partition coefficient (Wildman–Crippen LogP) is 2.13. The minimum Gasteiger partial charge on any atom is -0.508 e. The number of carbonyl (C=O) groups is 1. The highest BCUT2D eigenvalue weighted by atomic mass is 16.5. The van der Waals surface area contributed by atoms with Crippen molar-refractivity contribution in [2.75, 3.05) is 13.2 Å². The summed E-state index contributed by atoms with van der Waals surface area (Å²) in [6, 6.07) is 8.74. The van der Waals surface area contributed by atoms with Crippen molar-refractivity contribution in [3.63, 3.8) is 0 Å². The van der Waals surface area contributed by atoms with Gasteiger partial charge >= 0.3 is 0 Å². The van der Waals surface area contributed by atoms with Gasteiger partial charge in [0.05, 0.1) is 18.2 Å². The molecular weight excluding hydrogens is 296 g/mol. The topological polar surface area (TPSA) is 75.8 Å². The molecule has 1 fully saturated rings. The van der Waals surface area contributed by atoms with E-state index in [0.29, 0.717) is 18.8 Å². The Balaban J connectivity index is 1.72. The van der Waals surface area contributed by atoms with E-state index in [9.17, 15) is 9.90 Å². The van der Waals surface area contributed by atoms with Gasteiger partial charge in [0.15, 0.2) is 0 Å². The first kappa shape index (κ1) is 15.6. The second-order valence-electron chi connectivity index (χ2n) is 5.71. The number of phenols is 1. The maximum atomic E-state index is 12.6. The quantitative estimate of drug-likeness (QED) is 0.883. The van der Waals surface area contributed by atoms with Gasteiger partial charge in [-0.25, -0.2) is 0 Å². The number of hydrogen-bond acceptors (Lipinski definition) is 5. The van der Waals surface area contributed by atoms with Gasteiger partial charge in [0.25, 0.3) is 0 Å². The average molecular weight is 316 g/mol. The third kappa shape index (κ3) is 4.10. The van der Waals surface area contributed by atoms with Crippen LogP contribution in [0.1, 0.15) is 24.1 Å². The zero-order valence-corrected chi connectivity index (χ0v) is 12.9. The Morgan fingerprint density at radius 2 is 2.22 bits per heavy atom. The summed E-state index contributed by atoms with van der Waals surface area (Å²) in [4.78, 5) is 14.3. The Kier molecular flexibility index (Phi) is 4.92. The number of para-hydroxylation sites is 1. The lowest BCUT2D eigenvalue weighted by molar-refractivity contribution is -0.132. The molecule has 2 heterocycles. The highest BCUT2D eigenvalue weighted by Gasteiger charge is 2.24. The molecule has 1 unspecified atom stereocenters. The van der Waals surface area contributed by atoms with Crippen molar-refractivity contribution < 1.29 is 19.2 Å². The number of carbonyl (C=O) groups excluding carboxylic acids is 1. The summed E-state index contributed by atoms with van der Waals surface area (Å²) in [5, 5.41) is 13.8. The second-order valence-corrected chi connectivity index (χ2v) is 5.71. The first-order chi connectivity index (χ1) is 11.2. The Hall–Kier alpha value is -2.34. The first-order valence-corrected chi connectivity index (χ1v) is 7.78. The molecule has 1 aliphatic rings. The van der Waals surface area contributed by atoms with Gasteiger partial charge < -0.3 is 19.3 Å². The number of phenolic OH excluding ortho intramolecular Hbond substituents is 1. The Morgan fingerprint density at radius 3 is 2.91 bits per heavy atom. The molecule has 1 amide bonds.